The maximum absolute atomic E-state index is 11.7. The first-order chi connectivity index (χ1) is 9.79. The van der Waals surface area contributed by atoms with Crippen LogP contribution in [-0.4, -0.2) is 17.4 Å². The normalized spacial score (nSPS) is 9.55. The first kappa shape index (κ1) is 13.6. The van der Waals surface area contributed by atoms with E-state index in [4.69, 9.17) is 5.26 Å². The third kappa shape index (κ3) is 3.82. The summed E-state index contributed by atoms with van der Waals surface area (Å²) in [6.07, 6.45) is 1.68. The molecule has 1 heterocycles. The van der Waals surface area contributed by atoms with E-state index in [-0.39, 0.29) is 12.5 Å². The van der Waals surface area contributed by atoms with Crippen molar-refractivity contribution in [3.63, 3.8) is 0 Å². The molecule has 0 aliphatic heterocycles. The summed E-state index contributed by atoms with van der Waals surface area (Å²) in [4.78, 5) is 15.8. The van der Waals surface area contributed by atoms with E-state index < -0.39 is 0 Å². The summed E-state index contributed by atoms with van der Waals surface area (Å²) in [6, 6.07) is 14.7. The molecule has 0 radical (unpaired) electrons. The van der Waals surface area contributed by atoms with Crippen LogP contribution >= 0.6 is 0 Å². The highest BCUT2D eigenvalue weighted by Crippen LogP contribution is 2.12. The number of anilines is 1. The average molecular weight is 266 g/mol. The maximum atomic E-state index is 11.7. The van der Waals surface area contributed by atoms with Crippen LogP contribution in [0.15, 0.2) is 48.7 Å². The minimum absolute atomic E-state index is 0.117. The van der Waals surface area contributed by atoms with Gasteiger partial charge >= 0.3 is 0 Å². The van der Waals surface area contributed by atoms with Gasteiger partial charge in [-0.05, 0) is 24.3 Å². The molecule has 0 fully saturated rings. The van der Waals surface area contributed by atoms with Crippen LogP contribution in [0.25, 0.3) is 0 Å². The monoisotopic (exact) mass is 266 g/mol. The molecule has 0 atom stereocenters. The zero-order valence-electron chi connectivity index (χ0n) is 10.8. The molecule has 0 unspecified atom stereocenters. The van der Waals surface area contributed by atoms with Gasteiger partial charge in [-0.1, -0.05) is 18.2 Å². The zero-order valence-corrected chi connectivity index (χ0v) is 10.8. The summed E-state index contributed by atoms with van der Waals surface area (Å²) < 4.78 is 0. The van der Waals surface area contributed by atoms with Crippen LogP contribution < -0.4 is 10.6 Å². The van der Waals surface area contributed by atoms with Crippen LogP contribution in [0.3, 0.4) is 0 Å². The van der Waals surface area contributed by atoms with Crippen LogP contribution in [0.4, 0.5) is 5.69 Å². The van der Waals surface area contributed by atoms with Gasteiger partial charge < -0.3 is 10.6 Å². The molecule has 1 aromatic carbocycles. The van der Waals surface area contributed by atoms with Crippen LogP contribution in [0.1, 0.15) is 11.3 Å². The van der Waals surface area contributed by atoms with Gasteiger partial charge in [0.2, 0.25) is 5.91 Å². The number of hydrogen-bond donors (Lipinski definition) is 2. The molecule has 5 heteroatoms. The summed E-state index contributed by atoms with van der Waals surface area (Å²) in [5, 5.41) is 14.6. The fraction of sp³-hybridized carbons (Fsp3) is 0.133. The largest absolute Gasteiger partial charge is 0.375 e. The number of carbonyl (C=O) groups excluding carboxylic acids is 1. The molecular formula is C15H14N4O. The lowest BCUT2D eigenvalue weighted by Crippen LogP contribution is -2.29. The standard InChI is InChI=1S/C15H14N4O/c16-9-12-5-1-2-7-14(12)18-11-15(20)19-10-13-6-3-4-8-17-13/h1-8,18H,10-11H2,(H,19,20). The van der Waals surface area contributed by atoms with Crippen molar-refractivity contribution in [2.75, 3.05) is 11.9 Å². The van der Waals surface area contributed by atoms with Crippen molar-refractivity contribution in [3.05, 3.63) is 59.9 Å². The van der Waals surface area contributed by atoms with E-state index in [2.05, 4.69) is 21.7 Å². The minimum Gasteiger partial charge on any atom is -0.375 e. The van der Waals surface area contributed by atoms with Crippen LogP contribution in [0, 0.1) is 11.3 Å². The van der Waals surface area contributed by atoms with Gasteiger partial charge in [0.1, 0.15) is 6.07 Å². The fourth-order valence-electron chi connectivity index (χ4n) is 1.66. The Morgan fingerprint density at radius 2 is 2.00 bits per heavy atom. The van der Waals surface area contributed by atoms with Gasteiger partial charge in [0, 0.05) is 6.20 Å². The van der Waals surface area contributed by atoms with Crippen molar-refractivity contribution in [2.45, 2.75) is 6.54 Å². The molecule has 0 bridgehead atoms. The van der Waals surface area contributed by atoms with E-state index in [9.17, 15) is 4.79 Å². The van der Waals surface area contributed by atoms with E-state index in [1.54, 1.807) is 24.4 Å². The number of amides is 1. The number of para-hydroxylation sites is 1. The number of aromatic nitrogens is 1. The number of pyridine rings is 1. The second kappa shape index (κ2) is 6.90. The number of nitrogens with one attached hydrogen (secondary N) is 2. The summed E-state index contributed by atoms with van der Waals surface area (Å²) in [6.45, 7) is 0.507. The second-order valence-corrected chi connectivity index (χ2v) is 4.11. The number of nitriles is 1. The van der Waals surface area contributed by atoms with E-state index in [1.807, 2.05) is 24.3 Å². The maximum Gasteiger partial charge on any atom is 0.239 e. The number of carbonyl (C=O) groups is 1. The van der Waals surface area contributed by atoms with Crippen LogP contribution in [0.2, 0.25) is 0 Å². The van der Waals surface area contributed by atoms with Crippen molar-refractivity contribution in [3.8, 4) is 6.07 Å². The first-order valence-corrected chi connectivity index (χ1v) is 6.19. The summed E-state index contributed by atoms with van der Waals surface area (Å²) in [7, 11) is 0. The Labute approximate surface area is 117 Å². The molecule has 0 saturated carbocycles. The van der Waals surface area contributed by atoms with Crippen LogP contribution in [0.5, 0.6) is 0 Å². The van der Waals surface area contributed by atoms with Gasteiger partial charge in [-0.15, -0.1) is 0 Å². The molecular weight excluding hydrogens is 252 g/mol. The fourth-order valence-corrected chi connectivity index (χ4v) is 1.66. The van der Waals surface area contributed by atoms with Gasteiger partial charge in [-0.3, -0.25) is 9.78 Å². The summed E-state index contributed by atoms with van der Waals surface area (Å²) >= 11 is 0. The third-order valence-electron chi connectivity index (χ3n) is 2.68. The van der Waals surface area contributed by atoms with Gasteiger partial charge in [-0.2, -0.15) is 5.26 Å². The lowest BCUT2D eigenvalue weighted by Gasteiger charge is -2.08. The molecule has 20 heavy (non-hydrogen) atoms. The van der Waals surface area contributed by atoms with E-state index in [0.29, 0.717) is 17.8 Å². The van der Waals surface area contributed by atoms with Gasteiger partial charge in [0.05, 0.1) is 30.0 Å². The lowest BCUT2D eigenvalue weighted by atomic mass is 10.2. The predicted molar refractivity (Wildman–Crippen MR) is 75.7 cm³/mol. The summed E-state index contributed by atoms with van der Waals surface area (Å²) in [5.74, 6) is -0.150. The molecule has 1 amide bonds. The van der Waals surface area contributed by atoms with Gasteiger partial charge in [-0.25, -0.2) is 0 Å². The smallest absolute Gasteiger partial charge is 0.239 e. The molecule has 2 N–H and O–H groups in total. The Morgan fingerprint density at radius 3 is 2.75 bits per heavy atom. The number of hydrogen-bond acceptors (Lipinski definition) is 4. The van der Waals surface area contributed by atoms with Crippen molar-refractivity contribution in [1.29, 1.82) is 5.26 Å². The molecule has 2 rings (SSSR count). The molecule has 0 aliphatic rings. The second-order valence-electron chi connectivity index (χ2n) is 4.11. The molecule has 5 nitrogen and oxygen atoms in total. The highest BCUT2D eigenvalue weighted by atomic mass is 16.1. The Morgan fingerprint density at radius 1 is 1.20 bits per heavy atom. The van der Waals surface area contributed by atoms with E-state index in [1.165, 1.54) is 0 Å². The molecule has 0 aliphatic carbocycles. The van der Waals surface area contributed by atoms with E-state index >= 15 is 0 Å². The van der Waals surface area contributed by atoms with Crippen molar-refractivity contribution < 1.29 is 4.79 Å². The minimum atomic E-state index is -0.150. The molecule has 0 saturated heterocycles. The molecule has 100 valence electrons. The average Bonchev–Trinajstić information content (AvgIpc) is 2.52. The Kier molecular flexibility index (Phi) is 4.68. The highest BCUT2D eigenvalue weighted by Gasteiger charge is 2.04. The molecule has 2 aromatic rings. The summed E-state index contributed by atoms with van der Waals surface area (Å²) in [5.41, 5.74) is 1.98. The quantitative estimate of drug-likeness (QED) is 0.863. The van der Waals surface area contributed by atoms with Crippen molar-refractivity contribution in [2.24, 2.45) is 0 Å². The SMILES string of the molecule is N#Cc1ccccc1NCC(=O)NCc1ccccn1. The number of benzene rings is 1. The topological polar surface area (TPSA) is 77.8 Å². The van der Waals surface area contributed by atoms with Gasteiger partial charge in [0.15, 0.2) is 0 Å². The predicted octanol–water partition coefficient (Wildman–Crippen LogP) is 1.68. The van der Waals surface area contributed by atoms with Crippen molar-refractivity contribution in [1.82, 2.24) is 10.3 Å². The van der Waals surface area contributed by atoms with Crippen molar-refractivity contribution >= 4 is 11.6 Å². The van der Waals surface area contributed by atoms with Crippen LogP contribution in [-0.2, 0) is 11.3 Å². The Balaban J connectivity index is 1.82. The highest BCUT2D eigenvalue weighted by molar-refractivity contribution is 5.81. The lowest BCUT2D eigenvalue weighted by molar-refractivity contribution is -0.119. The Bertz CT molecular complexity index is 619. The zero-order chi connectivity index (χ0) is 14.2. The Hall–Kier alpha value is -2.87. The molecule has 1 aromatic heterocycles. The van der Waals surface area contributed by atoms with Gasteiger partial charge in [0.25, 0.3) is 0 Å². The number of nitrogens with zero attached hydrogens (tertiary/aromatic N) is 2. The van der Waals surface area contributed by atoms with E-state index in [0.717, 1.165) is 5.69 Å². The third-order valence-corrected chi connectivity index (χ3v) is 2.68. The first-order valence-electron chi connectivity index (χ1n) is 6.19. The molecule has 0 spiro atoms. The number of rotatable bonds is 5.